The third-order valence-corrected chi connectivity index (χ3v) is 2.15. The number of nitrogens with two attached hydrogens (primary N) is 1. The van der Waals surface area contributed by atoms with Gasteiger partial charge in [-0.25, -0.2) is 4.79 Å². The molecule has 1 aromatic carbocycles. The Morgan fingerprint density at radius 2 is 2.12 bits per heavy atom. The minimum atomic E-state index is -0.372. The molecule has 0 aliphatic carbocycles. The summed E-state index contributed by atoms with van der Waals surface area (Å²) in [5.74, 6) is 0.266. The first-order valence-corrected chi connectivity index (χ1v) is 5.64. The lowest BCUT2D eigenvalue weighted by atomic mass is 10.1. The van der Waals surface area contributed by atoms with E-state index < -0.39 is 0 Å². The first kappa shape index (κ1) is 13.5. The molecule has 0 spiro atoms. The summed E-state index contributed by atoms with van der Waals surface area (Å²) in [5.41, 5.74) is 7.62. The van der Waals surface area contributed by atoms with Crippen LogP contribution in [-0.4, -0.2) is 18.7 Å². The lowest BCUT2D eigenvalue weighted by Crippen LogP contribution is -2.19. The topological polar surface area (TPSA) is 61.5 Å². The van der Waals surface area contributed by atoms with Crippen LogP contribution in [0.25, 0.3) is 0 Å². The molecule has 17 heavy (non-hydrogen) atoms. The molecule has 0 saturated carbocycles. The van der Waals surface area contributed by atoms with E-state index in [2.05, 4.69) is 0 Å². The highest BCUT2D eigenvalue weighted by Gasteiger charge is 2.08. The molecule has 0 fully saturated rings. The molecule has 0 aliphatic rings. The predicted octanol–water partition coefficient (Wildman–Crippen LogP) is 1.78. The van der Waals surface area contributed by atoms with Gasteiger partial charge in [-0.1, -0.05) is 17.7 Å². The van der Waals surface area contributed by atoms with Gasteiger partial charge < -0.3 is 15.2 Å². The number of aryl methyl sites for hydroxylation is 1. The van der Waals surface area contributed by atoms with E-state index in [1.807, 2.05) is 25.1 Å². The Morgan fingerprint density at radius 3 is 2.71 bits per heavy atom. The van der Waals surface area contributed by atoms with Crippen molar-refractivity contribution < 1.29 is 14.3 Å². The van der Waals surface area contributed by atoms with Crippen molar-refractivity contribution in [2.45, 2.75) is 33.4 Å². The van der Waals surface area contributed by atoms with E-state index in [4.69, 9.17) is 15.2 Å². The third-order valence-electron chi connectivity index (χ3n) is 2.15. The standard InChI is InChI=1S/C13H19NO3/c1-9(2)17-13(15)8-16-12-5-4-10(3)6-11(12)7-14/h4-6,9H,7-8,14H2,1-3H3. The van der Waals surface area contributed by atoms with E-state index in [-0.39, 0.29) is 18.7 Å². The van der Waals surface area contributed by atoms with Crippen molar-refractivity contribution >= 4 is 5.97 Å². The van der Waals surface area contributed by atoms with Gasteiger partial charge in [0, 0.05) is 12.1 Å². The monoisotopic (exact) mass is 237 g/mol. The first-order valence-electron chi connectivity index (χ1n) is 5.64. The van der Waals surface area contributed by atoms with E-state index in [0.29, 0.717) is 12.3 Å². The number of esters is 1. The molecule has 0 bridgehead atoms. The van der Waals surface area contributed by atoms with Gasteiger partial charge in [0.15, 0.2) is 6.61 Å². The van der Waals surface area contributed by atoms with Gasteiger partial charge >= 0.3 is 5.97 Å². The maximum absolute atomic E-state index is 11.3. The van der Waals surface area contributed by atoms with Crippen LogP contribution in [0.3, 0.4) is 0 Å². The Bertz CT molecular complexity index is 388. The molecule has 0 atom stereocenters. The van der Waals surface area contributed by atoms with Gasteiger partial charge in [-0.2, -0.15) is 0 Å². The Labute approximate surface area is 102 Å². The van der Waals surface area contributed by atoms with Crippen LogP contribution in [-0.2, 0) is 16.1 Å². The van der Waals surface area contributed by atoms with Crippen molar-refractivity contribution in [3.63, 3.8) is 0 Å². The van der Waals surface area contributed by atoms with Gasteiger partial charge in [-0.3, -0.25) is 0 Å². The molecule has 2 N–H and O–H groups in total. The molecule has 0 unspecified atom stereocenters. The zero-order chi connectivity index (χ0) is 12.8. The summed E-state index contributed by atoms with van der Waals surface area (Å²) in [7, 11) is 0. The van der Waals surface area contributed by atoms with Gasteiger partial charge in [0.05, 0.1) is 6.10 Å². The number of hydrogen-bond acceptors (Lipinski definition) is 4. The summed E-state index contributed by atoms with van der Waals surface area (Å²) in [6.07, 6.45) is -0.127. The fourth-order valence-corrected chi connectivity index (χ4v) is 1.44. The lowest BCUT2D eigenvalue weighted by molar-refractivity contribution is -0.149. The second kappa shape index (κ2) is 6.25. The molecular weight excluding hydrogens is 218 g/mol. The van der Waals surface area contributed by atoms with E-state index >= 15 is 0 Å². The fraction of sp³-hybridized carbons (Fsp3) is 0.462. The quantitative estimate of drug-likeness (QED) is 0.793. The van der Waals surface area contributed by atoms with E-state index in [9.17, 15) is 4.79 Å². The van der Waals surface area contributed by atoms with Crippen LogP contribution in [0.4, 0.5) is 0 Å². The molecule has 1 aromatic rings. The number of hydrogen-bond donors (Lipinski definition) is 1. The number of benzene rings is 1. The van der Waals surface area contributed by atoms with Gasteiger partial charge in [0.25, 0.3) is 0 Å². The van der Waals surface area contributed by atoms with Gasteiger partial charge in [0.2, 0.25) is 0 Å². The molecule has 0 aromatic heterocycles. The average Bonchev–Trinajstić information content (AvgIpc) is 2.26. The van der Waals surface area contributed by atoms with E-state index in [1.54, 1.807) is 13.8 Å². The van der Waals surface area contributed by atoms with Gasteiger partial charge in [-0.15, -0.1) is 0 Å². The maximum atomic E-state index is 11.3. The van der Waals surface area contributed by atoms with Crippen molar-refractivity contribution in [2.75, 3.05) is 6.61 Å². The minimum absolute atomic E-state index is 0.0890. The maximum Gasteiger partial charge on any atom is 0.344 e. The summed E-state index contributed by atoms with van der Waals surface area (Å²) in [5, 5.41) is 0. The molecule has 0 saturated heterocycles. The van der Waals surface area contributed by atoms with Crippen LogP contribution in [0.15, 0.2) is 18.2 Å². The zero-order valence-electron chi connectivity index (χ0n) is 10.5. The molecule has 0 aliphatic heterocycles. The molecule has 4 heteroatoms. The van der Waals surface area contributed by atoms with Crippen LogP contribution in [0.1, 0.15) is 25.0 Å². The summed E-state index contributed by atoms with van der Waals surface area (Å²) in [4.78, 5) is 11.3. The largest absolute Gasteiger partial charge is 0.482 e. The molecule has 94 valence electrons. The van der Waals surface area contributed by atoms with Crippen LogP contribution >= 0.6 is 0 Å². The Hall–Kier alpha value is -1.55. The van der Waals surface area contributed by atoms with Crippen LogP contribution < -0.4 is 10.5 Å². The SMILES string of the molecule is Cc1ccc(OCC(=O)OC(C)C)c(CN)c1. The highest BCUT2D eigenvalue weighted by atomic mass is 16.6. The van der Waals surface area contributed by atoms with Gasteiger partial charge in [-0.05, 0) is 26.8 Å². The summed E-state index contributed by atoms with van der Waals surface area (Å²) < 4.78 is 10.4. The second-order valence-corrected chi connectivity index (χ2v) is 4.14. The number of ether oxygens (including phenoxy) is 2. The molecule has 4 nitrogen and oxygen atoms in total. The number of carbonyl (C=O) groups is 1. The summed E-state index contributed by atoms with van der Waals surface area (Å²) >= 11 is 0. The summed E-state index contributed by atoms with van der Waals surface area (Å²) in [6.45, 7) is 5.88. The van der Waals surface area contributed by atoms with Crippen molar-refractivity contribution in [1.82, 2.24) is 0 Å². The Morgan fingerprint density at radius 1 is 1.41 bits per heavy atom. The van der Waals surface area contributed by atoms with E-state index in [0.717, 1.165) is 11.1 Å². The molecule has 0 heterocycles. The zero-order valence-corrected chi connectivity index (χ0v) is 10.5. The fourth-order valence-electron chi connectivity index (χ4n) is 1.44. The molecular formula is C13H19NO3. The van der Waals surface area contributed by atoms with Crippen molar-refractivity contribution in [2.24, 2.45) is 5.73 Å². The highest BCUT2D eigenvalue weighted by Crippen LogP contribution is 2.19. The summed E-state index contributed by atoms with van der Waals surface area (Å²) in [6, 6.07) is 5.69. The first-order chi connectivity index (χ1) is 8.02. The smallest absolute Gasteiger partial charge is 0.344 e. The number of rotatable bonds is 5. The third kappa shape index (κ3) is 4.44. The Balaban J connectivity index is 2.60. The second-order valence-electron chi connectivity index (χ2n) is 4.14. The van der Waals surface area contributed by atoms with Crippen molar-refractivity contribution in [3.05, 3.63) is 29.3 Å². The van der Waals surface area contributed by atoms with Crippen molar-refractivity contribution in [1.29, 1.82) is 0 Å². The Kier molecular flexibility index (Phi) is 4.97. The molecule has 0 radical (unpaired) electrons. The average molecular weight is 237 g/mol. The molecule has 1 rings (SSSR count). The predicted molar refractivity (Wildman–Crippen MR) is 65.8 cm³/mol. The van der Waals surface area contributed by atoms with Crippen LogP contribution in [0.5, 0.6) is 5.75 Å². The van der Waals surface area contributed by atoms with Crippen LogP contribution in [0, 0.1) is 6.92 Å². The number of carbonyl (C=O) groups excluding carboxylic acids is 1. The minimum Gasteiger partial charge on any atom is -0.482 e. The highest BCUT2D eigenvalue weighted by molar-refractivity contribution is 5.71. The lowest BCUT2D eigenvalue weighted by Gasteiger charge is -2.12. The van der Waals surface area contributed by atoms with Crippen molar-refractivity contribution in [3.8, 4) is 5.75 Å². The van der Waals surface area contributed by atoms with Crippen LogP contribution in [0.2, 0.25) is 0 Å². The normalized spacial score (nSPS) is 10.4. The van der Waals surface area contributed by atoms with E-state index in [1.165, 1.54) is 0 Å². The molecule has 0 amide bonds. The van der Waals surface area contributed by atoms with Gasteiger partial charge in [0.1, 0.15) is 5.75 Å².